The molecule has 1 aromatic carbocycles. The lowest BCUT2D eigenvalue weighted by Crippen LogP contribution is -2.19. The highest BCUT2D eigenvalue weighted by Crippen LogP contribution is 2.29. The van der Waals surface area contributed by atoms with E-state index in [1.807, 2.05) is 0 Å². The molecule has 0 N–H and O–H groups in total. The molecule has 18 heavy (non-hydrogen) atoms. The zero-order valence-corrected chi connectivity index (χ0v) is 10.3. The van der Waals surface area contributed by atoms with E-state index in [0.717, 1.165) is 0 Å². The number of hydrogen-bond donors (Lipinski definition) is 0. The second-order valence-electron chi connectivity index (χ2n) is 3.38. The number of hydrogen-bond acceptors (Lipinski definition) is 1. The van der Waals surface area contributed by atoms with Gasteiger partial charge in [0.05, 0.1) is 11.4 Å². The van der Waals surface area contributed by atoms with Crippen molar-refractivity contribution in [3.05, 3.63) is 35.1 Å². The van der Waals surface area contributed by atoms with Crippen LogP contribution in [-0.4, -0.2) is 19.4 Å². The van der Waals surface area contributed by atoms with Gasteiger partial charge in [-0.05, 0) is 0 Å². The molecule has 0 aliphatic rings. The van der Waals surface area contributed by atoms with Gasteiger partial charge in [-0.15, -0.1) is 0 Å². The summed E-state index contributed by atoms with van der Waals surface area (Å²) in [5, 5.41) is 0. The lowest BCUT2D eigenvalue weighted by molar-refractivity contribution is -0.173. The Bertz CT molecular complexity index is 396. The minimum absolute atomic E-state index is 0.441. The predicted molar refractivity (Wildman–Crippen MR) is 54.9 cm³/mol. The fraction of sp³-hybridized carbons (Fsp3) is 0.400. The van der Waals surface area contributed by atoms with Gasteiger partial charge in [0, 0.05) is 17.7 Å². The summed E-state index contributed by atoms with van der Waals surface area (Å²) in [6.45, 7) is -2.13. The first-order chi connectivity index (χ1) is 8.20. The van der Waals surface area contributed by atoms with Crippen LogP contribution >= 0.6 is 15.9 Å². The highest BCUT2D eigenvalue weighted by molar-refractivity contribution is 9.09. The second-order valence-corrected chi connectivity index (χ2v) is 4.49. The van der Waals surface area contributed by atoms with Crippen LogP contribution in [-0.2, 0) is 4.74 Å². The predicted octanol–water partition coefficient (Wildman–Crippen LogP) is 4.12. The second kappa shape index (κ2) is 5.92. The maximum atomic E-state index is 13.2. The smallest absolute Gasteiger partial charge is 0.371 e. The van der Waals surface area contributed by atoms with Crippen LogP contribution in [0.5, 0.6) is 0 Å². The molecular weight excluding hydrogens is 330 g/mol. The van der Waals surface area contributed by atoms with Gasteiger partial charge in [-0.1, -0.05) is 15.9 Å². The highest BCUT2D eigenvalue weighted by Gasteiger charge is 2.28. The molecule has 0 heterocycles. The third-order valence-electron chi connectivity index (χ3n) is 1.89. The van der Waals surface area contributed by atoms with E-state index in [1.165, 1.54) is 0 Å². The minimum Gasteiger partial charge on any atom is -0.371 e. The summed E-state index contributed by atoms with van der Waals surface area (Å²) < 4.78 is 78.7. The van der Waals surface area contributed by atoms with Crippen molar-refractivity contribution in [2.24, 2.45) is 0 Å². The molecule has 1 nitrogen and oxygen atoms in total. The standard InChI is InChI=1S/C10H7BrF6O/c11-6(3-18-4-10(15,16)17)9-7(13)1-5(12)2-8(9)14/h1-2,6H,3-4H2. The Morgan fingerprint density at radius 3 is 2.06 bits per heavy atom. The van der Waals surface area contributed by atoms with Gasteiger partial charge in [0.2, 0.25) is 0 Å². The molecule has 0 saturated heterocycles. The Hall–Kier alpha value is -0.760. The molecular formula is C10H7BrF6O. The lowest BCUT2D eigenvalue weighted by Gasteiger charge is -2.14. The number of benzene rings is 1. The Morgan fingerprint density at radius 1 is 1.11 bits per heavy atom. The molecule has 102 valence electrons. The van der Waals surface area contributed by atoms with Crippen molar-refractivity contribution in [1.29, 1.82) is 0 Å². The van der Waals surface area contributed by atoms with Crippen LogP contribution in [0.1, 0.15) is 10.4 Å². The van der Waals surface area contributed by atoms with Crippen molar-refractivity contribution in [2.75, 3.05) is 13.2 Å². The maximum Gasteiger partial charge on any atom is 0.411 e. The van der Waals surface area contributed by atoms with Crippen LogP contribution in [0.2, 0.25) is 0 Å². The average Bonchev–Trinajstić information content (AvgIpc) is 2.13. The van der Waals surface area contributed by atoms with Gasteiger partial charge in [0.25, 0.3) is 0 Å². The van der Waals surface area contributed by atoms with Crippen LogP contribution in [0.4, 0.5) is 26.3 Å². The number of alkyl halides is 4. The van der Waals surface area contributed by atoms with E-state index >= 15 is 0 Å². The van der Waals surface area contributed by atoms with Gasteiger partial charge < -0.3 is 4.74 Å². The van der Waals surface area contributed by atoms with E-state index in [1.54, 1.807) is 0 Å². The van der Waals surface area contributed by atoms with E-state index in [4.69, 9.17) is 0 Å². The Kier molecular flexibility index (Phi) is 5.03. The molecule has 1 unspecified atom stereocenters. The third kappa shape index (κ3) is 4.49. The fourth-order valence-electron chi connectivity index (χ4n) is 1.21. The van der Waals surface area contributed by atoms with Crippen molar-refractivity contribution in [3.8, 4) is 0 Å². The monoisotopic (exact) mass is 336 g/mol. The summed E-state index contributed by atoms with van der Waals surface area (Å²) in [5.74, 6) is -3.49. The molecule has 0 amide bonds. The van der Waals surface area contributed by atoms with Crippen LogP contribution in [0.25, 0.3) is 0 Å². The normalized spacial score (nSPS) is 13.7. The molecule has 0 saturated carbocycles. The Morgan fingerprint density at radius 2 is 1.61 bits per heavy atom. The summed E-state index contributed by atoms with van der Waals surface area (Å²) in [6, 6.07) is 0.882. The molecule has 0 aliphatic heterocycles. The van der Waals surface area contributed by atoms with Gasteiger partial charge in [0.1, 0.15) is 24.1 Å². The van der Waals surface area contributed by atoms with Gasteiger partial charge in [-0.3, -0.25) is 0 Å². The molecule has 0 radical (unpaired) electrons. The summed E-state index contributed by atoms with van der Waals surface area (Å²) in [4.78, 5) is -1.14. The van der Waals surface area contributed by atoms with E-state index in [2.05, 4.69) is 20.7 Å². The Labute approximate surface area is 107 Å². The molecule has 1 aromatic rings. The Balaban J connectivity index is 2.70. The molecule has 0 bridgehead atoms. The largest absolute Gasteiger partial charge is 0.411 e. The van der Waals surface area contributed by atoms with Crippen molar-refractivity contribution in [2.45, 2.75) is 11.0 Å². The number of halogens is 7. The number of ether oxygens (including phenoxy) is 1. The van der Waals surface area contributed by atoms with Crippen molar-refractivity contribution in [3.63, 3.8) is 0 Å². The molecule has 0 aliphatic carbocycles. The van der Waals surface area contributed by atoms with E-state index in [0.29, 0.717) is 12.1 Å². The molecule has 0 aromatic heterocycles. The van der Waals surface area contributed by atoms with Crippen molar-refractivity contribution < 1.29 is 31.1 Å². The van der Waals surface area contributed by atoms with E-state index < -0.39 is 47.2 Å². The maximum absolute atomic E-state index is 13.2. The van der Waals surface area contributed by atoms with E-state index in [-0.39, 0.29) is 0 Å². The average molecular weight is 337 g/mol. The highest BCUT2D eigenvalue weighted by atomic mass is 79.9. The van der Waals surface area contributed by atoms with Gasteiger partial charge >= 0.3 is 6.18 Å². The first kappa shape index (κ1) is 15.3. The van der Waals surface area contributed by atoms with Gasteiger partial charge in [0.15, 0.2) is 0 Å². The van der Waals surface area contributed by atoms with Crippen LogP contribution < -0.4 is 0 Å². The summed E-state index contributed by atoms with van der Waals surface area (Å²) >= 11 is 2.79. The molecule has 0 fully saturated rings. The fourth-order valence-corrected chi connectivity index (χ4v) is 1.84. The quantitative estimate of drug-likeness (QED) is 0.593. The minimum atomic E-state index is -4.52. The van der Waals surface area contributed by atoms with Gasteiger partial charge in [-0.25, -0.2) is 13.2 Å². The van der Waals surface area contributed by atoms with Crippen LogP contribution in [0.3, 0.4) is 0 Å². The SMILES string of the molecule is Fc1cc(F)c(C(Br)COCC(F)(F)F)c(F)c1. The summed E-state index contributed by atoms with van der Waals surface area (Å²) in [6.07, 6.45) is -4.52. The van der Waals surface area contributed by atoms with E-state index in [9.17, 15) is 26.3 Å². The topological polar surface area (TPSA) is 9.23 Å². The molecule has 1 atom stereocenters. The third-order valence-corrected chi connectivity index (χ3v) is 2.61. The van der Waals surface area contributed by atoms with Crippen LogP contribution in [0.15, 0.2) is 12.1 Å². The first-order valence-corrected chi connectivity index (χ1v) is 5.55. The molecule has 0 spiro atoms. The summed E-state index contributed by atoms with van der Waals surface area (Å²) in [5.41, 5.74) is -0.571. The summed E-state index contributed by atoms with van der Waals surface area (Å²) in [7, 11) is 0. The lowest BCUT2D eigenvalue weighted by atomic mass is 10.1. The number of rotatable bonds is 4. The van der Waals surface area contributed by atoms with Gasteiger partial charge in [-0.2, -0.15) is 13.2 Å². The molecule has 1 rings (SSSR count). The molecule has 8 heteroatoms. The zero-order chi connectivity index (χ0) is 13.9. The van der Waals surface area contributed by atoms with Crippen molar-refractivity contribution >= 4 is 15.9 Å². The first-order valence-electron chi connectivity index (χ1n) is 4.63. The zero-order valence-electron chi connectivity index (χ0n) is 8.70. The van der Waals surface area contributed by atoms with Crippen LogP contribution in [0, 0.1) is 17.5 Å². The van der Waals surface area contributed by atoms with Crippen molar-refractivity contribution in [1.82, 2.24) is 0 Å².